The highest BCUT2D eigenvalue weighted by atomic mass is 16.3. The Labute approximate surface area is 118 Å². The fourth-order valence-electron chi connectivity index (χ4n) is 2.26. The van der Waals surface area contributed by atoms with E-state index < -0.39 is 0 Å². The second kappa shape index (κ2) is 5.17. The van der Waals surface area contributed by atoms with E-state index >= 15 is 0 Å². The van der Waals surface area contributed by atoms with Crippen molar-refractivity contribution in [3.8, 4) is 5.75 Å². The van der Waals surface area contributed by atoms with E-state index in [1.165, 1.54) is 0 Å². The molecule has 3 aromatic rings. The number of rotatable bonds is 2. The molecule has 0 unspecified atom stereocenters. The molecule has 0 spiro atoms. The summed E-state index contributed by atoms with van der Waals surface area (Å²) in [5, 5.41) is 11.8. The molecular formula is C18H16NO+. The molecule has 1 aromatic heterocycles. The third kappa shape index (κ3) is 2.41. The summed E-state index contributed by atoms with van der Waals surface area (Å²) in [4.78, 5) is 0. The SMILES string of the molecule is C[n+]1ccc(/C=C/c2ccc(O)c3ccccc23)cc1. The Bertz CT molecular complexity index is 773. The Hall–Kier alpha value is -2.61. The van der Waals surface area contributed by atoms with E-state index in [0.29, 0.717) is 5.75 Å². The van der Waals surface area contributed by atoms with Crippen molar-refractivity contribution in [2.75, 3.05) is 0 Å². The summed E-state index contributed by atoms with van der Waals surface area (Å²) >= 11 is 0. The van der Waals surface area contributed by atoms with E-state index in [-0.39, 0.29) is 0 Å². The first kappa shape index (κ1) is 12.4. The number of aryl methyl sites for hydroxylation is 1. The summed E-state index contributed by atoms with van der Waals surface area (Å²) < 4.78 is 2.01. The van der Waals surface area contributed by atoms with Crippen molar-refractivity contribution in [3.05, 3.63) is 72.1 Å². The van der Waals surface area contributed by atoms with Gasteiger partial charge in [0.05, 0.1) is 0 Å². The number of benzene rings is 2. The predicted octanol–water partition coefficient (Wildman–Crippen LogP) is 3.54. The van der Waals surface area contributed by atoms with Crippen LogP contribution < -0.4 is 4.57 Å². The van der Waals surface area contributed by atoms with E-state index in [0.717, 1.165) is 21.9 Å². The van der Waals surface area contributed by atoms with Gasteiger partial charge in [-0.25, -0.2) is 4.57 Å². The van der Waals surface area contributed by atoms with Crippen LogP contribution in [0.1, 0.15) is 11.1 Å². The van der Waals surface area contributed by atoms with Crippen molar-refractivity contribution >= 4 is 22.9 Å². The second-order valence-electron chi connectivity index (χ2n) is 4.85. The van der Waals surface area contributed by atoms with Crippen LogP contribution >= 0.6 is 0 Å². The Morgan fingerprint density at radius 2 is 1.55 bits per heavy atom. The Morgan fingerprint density at radius 1 is 0.850 bits per heavy atom. The maximum absolute atomic E-state index is 9.88. The predicted molar refractivity (Wildman–Crippen MR) is 82.2 cm³/mol. The van der Waals surface area contributed by atoms with Crippen LogP contribution in [-0.4, -0.2) is 5.11 Å². The van der Waals surface area contributed by atoms with Gasteiger partial charge in [0.25, 0.3) is 0 Å². The molecule has 2 nitrogen and oxygen atoms in total. The molecule has 1 N–H and O–H groups in total. The topological polar surface area (TPSA) is 24.1 Å². The molecule has 3 rings (SSSR count). The summed E-state index contributed by atoms with van der Waals surface area (Å²) in [7, 11) is 2.00. The first-order valence-electron chi connectivity index (χ1n) is 6.58. The number of hydrogen-bond donors (Lipinski definition) is 1. The zero-order chi connectivity index (χ0) is 13.9. The van der Waals surface area contributed by atoms with Crippen LogP contribution in [0, 0.1) is 0 Å². The van der Waals surface area contributed by atoms with Crippen LogP contribution in [-0.2, 0) is 7.05 Å². The summed E-state index contributed by atoms with van der Waals surface area (Å²) in [6, 6.07) is 15.7. The van der Waals surface area contributed by atoms with Gasteiger partial charge in [-0.15, -0.1) is 0 Å². The van der Waals surface area contributed by atoms with E-state index in [1.54, 1.807) is 6.07 Å². The smallest absolute Gasteiger partial charge is 0.169 e. The number of phenolic OH excluding ortho intramolecular Hbond substituents is 1. The minimum Gasteiger partial charge on any atom is -0.507 e. The molecule has 1 heterocycles. The maximum atomic E-state index is 9.88. The summed E-state index contributed by atoms with van der Waals surface area (Å²) in [5.74, 6) is 0.324. The average Bonchev–Trinajstić information content (AvgIpc) is 2.49. The van der Waals surface area contributed by atoms with Crippen molar-refractivity contribution in [2.24, 2.45) is 7.05 Å². The van der Waals surface area contributed by atoms with Crippen LogP contribution in [0.25, 0.3) is 22.9 Å². The zero-order valence-corrected chi connectivity index (χ0v) is 11.3. The van der Waals surface area contributed by atoms with Gasteiger partial charge >= 0.3 is 0 Å². The molecule has 0 amide bonds. The first-order valence-corrected chi connectivity index (χ1v) is 6.58. The highest BCUT2D eigenvalue weighted by molar-refractivity contribution is 5.96. The largest absolute Gasteiger partial charge is 0.507 e. The molecule has 20 heavy (non-hydrogen) atoms. The molecule has 0 aliphatic carbocycles. The Morgan fingerprint density at radius 3 is 2.30 bits per heavy atom. The van der Waals surface area contributed by atoms with E-state index in [9.17, 15) is 5.11 Å². The number of pyridine rings is 1. The van der Waals surface area contributed by atoms with Gasteiger partial charge in [0.15, 0.2) is 12.4 Å². The first-order chi connectivity index (χ1) is 9.74. The van der Waals surface area contributed by atoms with Crippen molar-refractivity contribution in [3.63, 3.8) is 0 Å². The summed E-state index contributed by atoms with van der Waals surface area (Å²) in [6.07, 6.45) is 8.21. The lowest BCUT2D eigenvalue weighted by molar-refractivity contribution is -0.671. The van der Waals surface area contributed by atoms with Gasteiger partial charge in [-0.05, 0) is 22.6 Å². The van der Waals surface area contributed by atoms with Crippen LogP contribution in [0.2, 0.25) is 0 Å². The fourth-order valence-corrected chi connectivity index (χ4v) is 2.26. The number of phenols is 1. The Balaban J connectivity index is 2.03. The molecule has 0 fully saturated rings. The molecule has 0 saturated heterocycles. The van der Waals surface area contributed by atoms with E-state index in [4.69, 9.17) is 0 Å². The maximum Gasteiger partial charge on any atom is 0.169 e. The molecule has 0 bridgehead atoms. The van der Waals surface area contributed by atoms with Crippen molar-refractivity contribution < 1.29 is 9.67 Å². The monoisotopic (exact) mass is 262 g/mol. The lowest BCUT2D eigenvalue weighted by atomic mass is 10.0. The summed E-state index contributed by atoms with van der Waals surface area (Å²) in [5.41, 5.74) is 2.26. The minimum atomic E-state index is 0.324. The molecule has 0 saturated carbocycles. The highest BCUT2D eigenvalue weighted by Gasteiger charge is 2.02. The van der Waals surface area contributed by atoms with Crippen molar-refractivity contribution in [2.45, 2.75) is 0 Å². The third-order valence-electron chi connectivity index (χ3n) is 3.39. The van der Waals surface area contributed by atoms with E-state index in [2.05, 4.69) is 24.3 Å². The van der Waals surface area contributed by atoms with Crippen LogP contribution in [0.4, 0.5) is 0 Å². The number of aromatic nitrogens is 1. The standard InChI is InChI=1S/C18H15NO/c1-19-12-10-14(11-13-19)6-7-15-8-9-18(20)17-5-3-2-4-16(15)17/h2-13H,1H3/p+1. The number of fused-ring (bicyclic) bond motifs is 1. The lowest BCUT2D eigenvalue weighted by Gasteiger charge is -2.04. The third-order valence-corrected chi connectivity index (χ3v) is 3.39. The highest BCUT2D eigenvalue weighted by Crippen LogP contribution is 2.28. The van der Waals surface area contributed by atoms with Gasteiger partial charge in [-0.1, -0.05) is 42.5 Å². The number of nitrogens with zero attached hydrogens (tertiary/aromatic N) is 1. The minimum absolute atomic E-state index is 0.324. The molecular weight excluding hydrogens is 246 g/mol. The van der Waals surface area contributed by atoms with Crippen LogP contribution in [0.5, 0.6) is 5.75 Å². The summed E-state index contributed by atoms with van der Waals surface area (Å²) in [6.45, 7) is 0. The quantitative estimate of drug-likeness (QED) is 0.702. The van der Waals surface area contributed by atoms with Gasteiger partial charge in [0, 0.05) is 17.5 Å². The van der Waals surface area contributed by atoms with E-state index in [1.807, 2.05) is 54.3 Å². The lowest BCUT2D eigenvalue weighted by Crippen LogP contribution is -2.25. The van der Waals surface area contributed by atoms with Gasteiger partial charge < -0.3 is 5.11 Å². The van der Waals surface area contributed by atoms with Gasteiger partial charge in [-0.2, -0.15) is 0 Å². The molecule has 2 aromatic carbocycles. The zero-order valence-electron chi connectivity index (χ0n) is 11.3. The van der Waals surface area contributed by atoms with Crippen molar-refractivity contribution in [1.29, 1.82) is 0 Å². The molecule has 0 atom stereocenters. The molecule has 98 valence electrons. The normalized spacial score (nSPS) is 11.2. The average molecular weight is 262 g/mol. The van der Waals surface area contributed by atoms with Crippen LogP contribution in [0.3, 0.4) is 0 Å². The molecule has 0 aliphatic heterocycles. The van der Waals surface area contributed by atoms with Crippen LogP contribution in [0.15, 0.2) is 60.9 Å². The molecule has 0 radical (unpaired) electrons. The second-order valence-corrected chi connectivity index (χ2v) is 4.85. The van der Waals surface area contributed by atoms with Gasteiger partial charge in [-0.3, -0.25) is 0 Å². The fraction of sp³-hybridized carbons (Fsp3) is 0.0556. The molecule has 2 heteroatoms. The number of hydrogen-bond acceptors (Lipinski definition) is 1. The Kier molecular flexibility index (Phi) is 3.21. The van der Waals surface area contributed by atoms with Gasteiger partial charge in [0.1, 0.15) is 12.8 Å². The van der Waals surface area contributed by atoms with Gasteiger partial charge in [0.2, 0.25) is 0 Å². The molecule has 0 aliphatic rings. The number of aromatic hydroxyl groups is 1. The van der Waals surface area contributed by atoms with Crippen molar-refractivity contribution in [1.82, 2.24) is 0 Å².